The summed E-state index contributed by atoms with van der Waals surface area (Å²) in [6.07, 6.45) is 8.58. The summed E-state index contributed by atoms with van der Waals surface area (Å²) in [6, 6.07) is 4.13. The zero-order chi connectivity index (χ0) is 21.4. The van der Waals surface area contributed by atoms with E-state index in [1.807, 2.05) is 11.0 Å². The molecule has 3 aromatic heterocycles. The van der Waals surface area contributed by atoms with E-state index in [9.17, 15) is 4.79 Å². The van der Waals surface area contributed by atoms with Crippen LogP contribution in [0.1, 0.15) is 41.3 Å². The number of piperidine rings is 1. The predicted molar refractivity (Wildman–Crippen MR) is 113 cm³/mol. The number of amides is 1. The Balaban J connectivity index is 1.30. The van der Waals surface area contributed by atoms with Crippen molar-refractivity contribution in [3.05, 3.63) is 59.6 Å². The monoisotopic (exact) mass is 417 g/mol. The van der Waals surface area contributed by atoms with Gasteiger partial charge in [-0.2, -0.15) is 0 Å². The van der Waals surface area contributed by atoms with Crippen LogP contribution in [-0.4, -0.2) is 44.1 Å². The van der Waals surface area contributed by atoms with Gasteiger partial charge in [-0.15, -0.1) is 10.2 Å². The van der Waals surface area contributed by atoms with Crippen molar-refractivity contribution in [3.8, 4) is 11.6 Å². The molecule has 5 rings (SSSR count). The Bertz CT molecular complexity index is 1230. The number of carbonyl (C=O) groups excluding carboxylic acids is 1. The lowest BCUT2D eigenvalue weighted by Gasteiger charge is -2.31. The highest BCUT2D eigenvalue weighted by Gasteiger charge is 2.29. The van der Waals surface area contributed by atoms with Crippen molar-refractivity contribution in [1.29, 1.82) is 0 Å². The molecule has 0 saturated carbocycles. The van der Waals surface area contributed by atoms with E-state index in [1.54, 1.807) is 24.9 Å². The fourth-order valence-corrected chi connectivity index (χ4v) is 4.07. The molecule has 0 spiro atoms. The smallest absolute Gasteiger partial charge is 0.267 e. The number of nitrogens with zero attached hydrogens (tertiary/aromatic N) is 5. The molecule has 4 heterocycles. The van der Waals surface area contributed by atoms with Gasteiger partial charge < -0.3 is 13.7 Å². The summed E-state index contributed by atoms with van der Waals surface area (Å²) in [4.78, 5) is 23.2. The number of rotatable bonds is 4. The molecule has 4 aromatic rings. The maximum absolute atomic E-state index is 13.1. The molecular weight excluding hydrogens is 394 g/mol. The second kappa shape index (κ2) is 7.94. The van der Waals surface area contributed by atoms with E-state index in [-0.39, 0.29) is 11.8 Å². The van der Waals surface area contributed by atoms with E-state index in [0.29, 0.717) is 30.4 Å². The normalized spacial score (nSPS) is 16.7. The van der Waals surface area contributed by atoms with Crippen LogP contribution in [0.2, 0.25) is 0 Å². The molecular formula is C23H23N5O3. The average Bonchev–Trinajstić information content (AvgIpc) is 3.43. The molecule has 1 atom stereocenters. The number of furan rings is 1. The molecule has 0 bridgehead atoms. The first-order valence-corrected chi connectivity index (χ1v) is 10.4. The van der Waals surface area contributed by atoms with Crippen LogP contribution in [0, 0.1) is 13.8 Å². The Hall–Kier alpha value is -3.55. The van der Waals surface area contributed by atoms with Gasteiger partial charge in [-0.3, -0.25) is 9.78 Å². The van der Waals surface area contributed by atoms with E-state index < -0.39 is 0 Å². The van der Waals surface area contributed by atoms with Gasteiger partial charge in [0.15, 0.2) is 0 Å². The summed E-state index contributed by atoms with van der Waals surface area (Å²) in [5, 5.41) is 9.32. The molecule has 0 radical (unpaired) electrons. The molecule has 1 aromatic carbocycles. The van der Waals surface area contributed by atoms with Crippen LogP contribution < -0.4 is 0 Å². The van der Waals surface area contributed by atoms with Crippen molar-refractivity contribution in [3.63, 3.8) is 0 Å². The average molecular weight is 417 g/mol. The van der Waals surface area contributed by atoms with E-state index in [1.165, 1.54) is 11.1 Å². The van der Waals surface area contributed by atoms with Gasteiger partial charge in [-0.25, -0.2) is 4.98 Å². The molecule has 1 aliphatic heterocycles. The van der Waals surface area contributed by atoms with Crippen LogP contribution in [0.5, 0.6) is 0 Å². The summed E-state index contributed by atoms with van der Waals surface area (Å²) >= 11 is 0. The van der Waals surface area contributed by atoms with Crippen molar-refractivity contribution in [1.82, 2.24) is 25.1 Å². The molecule has 31 heavy (non-hydrogen) atoms. The third-order valence-corrected chi connectivity index (χ3v) is 5.96. The third kappa shape index (κ3) is 3.81. The van der Waals surface area contributed by atoms with E-state index in [2.05, 4.69) is 40.1 Å². The standard InChI is InChI=1S/C23H23N5O3/c1-14-8-18-17(13-30-20(18)9-15(14)2)10-21(29)28-7-3-4-16(12-28)22-26-27-23(31-22)19-11-24-5-6-25-19/h5-6,8-9,11,13,16H,3-4,7,10,12H2,1-2H3/t16-/m1/s1. The van der Waals surface area contributed by atoms with E-state index in [4.69, 9.17) is 8.83 Å². The summed E-state index contributed by atoms with van der Waals surface area (Å²) in [7, 11) is 0. The minimum atomic E-state index is 0.0154. The second-order valence-electron chi connectivity index (χ2n) is 8.09. The van der Waals surface area contributed by atoms with Gasteiger partial charge in [0, 0.05) is 36.4 Å². The first-order valence-electron chi connectivity index (χ1n) is 10.4. The number of aryl methyl sites for hydroxylation is 2. The number of aromatic nitrogens is 4. The molecule has 1 fully saturated rings. The zero-order valence-electron chi connectivity index (χ0n) is 17.5. The largest absolute Gasteiger partial charge is 0.464 e. The Kier molecular flexibility index (Phi) is 4.97. The van der Waals surface area contributed by atoms with Gasteiger partial charge in [-0.05, 0) is 49.9 Å². The molecule has 0 unspecified atom stereocenters. The first-order chi connectivity index (χ1) is 15.1. The Morgan fingerprint density at radius 1 is 1.19 bits per heavy atom. The van der Waals surface area contributed by atoms with Gasteiger partial charge in [0.2, 0.25) is 11.8 Å². The minimum absolute atomic E-state index is 0.0154. The lowest BCUT2D eigenvalue weighted by molar-refractivity contribution is -0.131. The highest BCUT2D eigenvalue weighted by molar-refractivity contribution is 5.88. The third-order valence-electron chi connectivity index (χ3n) is 5.96. The van der Waals surface area contributed by atoms with Crippen molar-refractivity contribution in [2.24, 2.45) is 0 Å². The Labute approximate surface area is 179 Å². The van der Waals surface area contributed by atoms with Crippen molar-refractivity contribution < 1.29 is 13.6 Å². The quantitative estimate of drug-likeness (QED) is 0.497. The highest BCUT2D eigenvalue weighted by atomic mass is 16.4. The number of fused-ring (bicyclic) bond motifs is 1. The minimum Gasteiger partial charge on any atom is -0.464 e. The molecule has 8 nitrogen and oxygen atoms in total. The number of benzene rings is 1. The number of hydrogen-bond donors (Lipinski definition) is 0. The maximum atomic E-state index is 13.1. The summed E-state index contributed by atoms with van der Waals surface area (Å²) < 4.78 is 11.5. The SMILES string of the molecule is Cc1cc2occ(CC(=O)N3CCC[C@@H](c4nnc(-c5cnccn5)o4)C3)c2cc1C. The lowest BCUT2D eigenvalue weighted by atomic mass is 9.97. The first kappa shape index (κ1) is 19.4. The van der Waals surface area contributed by atoms with Gasteiger partial charge in [0.25, 0.3) is 5.89 Å². The highest BCUT2D eigenvalue weighted by Crippen LogP contribution is 2.29. The fourth-order valence-electron chi connectivity index (χ4n) is 4.07. The molecule has 1 aliphatic rings. The molecule has 0 N–H and O–H groups in total. The lowest BCUT2D eigenvalue weighted by Crippen LogP contribution is -2.40. The topological polar surface area (TPSA) is 98.2 Å². The van der Waals surface area contributed by atoms with Crippen LogP contribution in [-0.2, 0) is 11.2 Å². The maximum Gasteiger partial charge on any atom is 0.267 e. The number of carbonyl (C=O) groups is 1. The molecule has 158 valence electrons. The predicted octanol–water partition coefficient (Wildman–Crippen LogP) is 3.84. The summed E-state index contributed by atoms with van der Waals surface area (Å²) in [6.45, 7) is 5.43. The van der Waals surface area contributed by atoms with Gasteiger partial charge in [0.1, 0.15) is 11.3 Å². The van der Waals surface area contributed by atoms with Crippen LogP contribution in [0.4, 0.5) is 0 Å². The molecule has 1 amide bonds. The van der Waals surface area contributed by atoms with Crippen LogP contribution in [0.3, 0.4) is 0 Å². The summed E-state index contributed by atoms with van der Waals surface area (Å²) in [5.41, 5.74) is 4.66. The van der Waals surface area contributed by atoms with Crippen molar-refractivity contribution >= 4 is 16.9 Å². The number of likely N-dealkylation sites (tertiary alicyclic amines) is 1. The van der Waals surface area contributed by atoms with Crippen LogP contribution >= 0.6 is 0 Å². The molecule has 8 heteroatoms. The van der Waals surface area contributed by atoms with Crippen LogP contribution in [0.15, 0.2) is 45.8 Å². The van der Waals surface area contributed by atoms with E-state index >= 15 is 0 Å². The van der Waals surface area contributed by atoms with Crippen molar-refractivity contribution in [2.45, 2.75) is 39.0 Å². The summed E-state index contributed by atoms with van der Waals surface area (Å²) in [5.74, 6) is 0.987. The van der Waals surface area contributed by atoms with Crippen molar-refractivity contribution in [2.75, 3.05) is 13.1 Å². The number of hydrogen-bond acceptors (Lipinski definition) is 7. The van der Waals surface area contributed by atoms with Gasteiger partial charge >= 0.3 is 0 Å². The Morgan fingerprint density at radius 2 is 2.06 bits per heavy atom. The van der Waals surface area contributed by atoms with Gasteiger partial charge in [0.05, 0.1) is 24.8 Å². The molecule has 1 saturated heterocycles. The fraction of sp³-hybridized carbons (Fsp3) is 0.348. The molecule has 0 aliphatic carbocycles. The van der Waals surface area contributed by atoms with E-state index in [0.717, 1.165) is 35.9 Å². The Morgan fingerprint density at radius 3 is 2.90 bits per heavy atom. The van der Waals surface area contributed by atoms with Crippen LogP contribution in [0.25, 0.3) is 22.6 Å². The zero-order valence-corrected chi connectivity index (χ0v) is 17.5. The second-order valence-corrected chi connectivity index (χ2v) is 8.09. The van der Waals surface area contributed by atoms with Gasteiger partial charge in [-0.1, -0.05) is 0 Å².